The Morgan fingerprint density at radius 2 is 1.91 bits per heavy atom. The van der Waals surface area contributed by atoms with Gasteiger partial charge < -0.3 is 10.2 Å². The summed E-state index contributed by atoms with van der Waals surface area (Å²) in [5, 5.41) is 6.76. The SMILES string of the molecule is Cc1csc2nc(-c3ccncc3)nc(N3CCNCC3)c12. The van der Waals surface area contributed by atoms with Crippen LogP contribution in [0, 0.1) is 6.92 Å². The smallest absolute Gasteiger partial charge is 0.163 e. The molecule has 0 unspecified atom stereocenters. The molecule has 1 saturated heterocycles. The molecule has 112 valence electrons. The minimum absolute atomic E-state index is 0.783. The Morgan fingerprint density at radius 1 is 1.14 bits per heavy atom. The van der Waals surface area contributed by atoms with E-state index in [1.54, 1.807) is 23.7 Å². The summed E-state index contributed by atoms with van der Waals surface area (Å²) in [6, 6.07) is 3.92. The lowest BCUT2D eigenvalue weighted by Gasteiger charge is -2.29. The zero-order valence-corrected chi connectivity index (χ0v) is 13.2. The van der Waals surface area contributed by atoms with Crippen molar-refractivity contribution in [1.82, 2.24) is 20.3 Å². The normalized spacial score (nSPS) is 15.4. The van der Waals surface area contributed by atoms with E-state index in [9.17, 15) is 0 Å². The average Bonchev–Trinajstić information content (AvgIpc) is 2.97. The lowest BCUT2D eigenvalue weighted by molar-refractivity contribution is 0.586. The fraction of sp³-hybridized carbons (Fsp3) is 0.312. The molecule has 3 aromatic rings. The van der Waals surface area contributed by atoms with Crippen LogP contribution in [0.3, 0.4) is 0 Å². The molecule has 22 heavy (non-hydrogen) atoms. The average molecular weight is 311 g/mol. The Bertz CT molecular complexity index is 793. The minimum Gasteiger partial charge on any atom is -0.353 e. The van der Waals surface area contributed by atoms with Crippen molar-refractivity contribution >= 4 is 27.4 Å². The second kappa shape index (κ2) is 5.62. The van der Waals surface area contributed by atoms with Gasteiger partial charge in [-0.3, -0.25) is 4.98 Å². The zero-order valence-electron chi connectivity index (χ0n) is 12.4. The Balaban J connectivity index is 1.90. The van der Waals surface area contributed by atoms with Crippen molar-refractivity contribution in [2.75, 3.05) is 31.1 Å². The molecule has 0 radical (unpaired) electrons. The number of nitrogens with zero attached hydrogens (tertiary/aromatic N) is 4. The van der Waals surface area contributed by atoms with Crippen molar-refractivity contribution in [3.63, 3.8) is 0 Å². The molecule has 1 N–H and O–H groups in total. The van der Waals surface area contributed by atoms with Crippen LogP contribution in [0.1, 0.15) is 5.56 Å². The third kappa shape index (κ3) is 2.34. The monoisotopic (exact) mass is 311 g/mol. The van der Waals surface area contributed by atoms with Crippen molar-refractivity contribution < 1.29 is 0 Å². The van der Waals surface area contributed by atoms with Crippen LogP contribution in [-0.4, -0.2) is 41.1 Å². The van der Waals surface area contributed by atoms with Gasteiger partial charge in [0, 0.05) is 44.1 Å². The van der Waals surface area contributed by atoms with Gasteiger partial charge in [-0.25, -0.2) is 9.97 Å². The van der Waals surface area contributed by atoms with Crippen molar-refractivity contribution in [3.8, 4) is 11.4 Å². The van der Waals surface area contributed by atoms with E-state index in [1.165, 1.54) is 10.9 Å². The lowest BCUT2D eigenvalue weighted by atomic mass is 10.2. The van der Waals surface area contributed by atoms with Crippen molar-refractivity contribution in [3.05, 3.63) is 35.5 Å². The molecule has 0 amide bonds. The summed E-state index contributed by atoms with van der Waals surface area (Å²) in [6.07, 6.45) is 3.57. The number of aromatic nitrogens is 3. The first-order valence-electron chi connectivity index (χ1n) is 7.45. The molecule has 4 heterocycles. The van der Waals surface area contributed by atoms with Crippen LogP contribution in [0.4, 0.5) is 5.82 Å². The minimum atomic E-state index is 0.783. The Labute approximate surface area is 133 Å². The third-order valence-electron chi connectivity index (χ3n) is 3.95. The summed E-state index contributed by atoms with van der Waals surface area (Å²) in [7, 11) is 0. The number of nitrogens with one attached hydrogen (secondary N) is 1. The molecule has 6 heteroatoms. The van der Waals surface area contributed by atoms with Crippen LogP contribution in [0.2, 0.25) is 0 Å². The summed E-state index contributed by atoms with van der Waals surface area (Å²) in [4.78, 5) is 17.2. The van der Waals surface area contributed by atoms with Crippen LogP contribution < -0.4 is 10.2 Å². The van der Waals surface area contributed by atoms with Gasteiger partial charge >= 0.3 is 0 Å². The molecule has 3 aromatic heterocycles. The molecule has 1 aliphatic rings. The molecule has 1 aliphatic heterocycles. The maximum atomic E-state index is 4.89. The Morgan fingerprint density at radius 3 is 2.68 bits per heavy atom. The molecular formula is C16H17N5S. The molecule has 0 aromatic carbocycles. The number of thiophene rings is 1. The van der Waals surface area contributed by atoms with Gasteiger partial charge in [0.15, 0.2) is 5.82 Å². The highest BCUT2D eigenvalue weighted by atomic mass is 32.1. The van der Waals surface area contributed by atoms with Gasteiger partial charge in [-0.1, -0.05) is 0 Å². The van der Waals surface area contributed by atoms with E-state index >= 15 is 0 Å². The van der Waals surface area contributed by atoms with E-state index in [-0.39, 0.29) is 0 Å². The predicted molar refractivity (Wildman–Crippen MR) is 90.5 cm³/mol. The fourth-order valence-corrected chi connectivity index (χ4v) is 3.71. The lowest BCUT2D eigenvalue weighted by Crippen LogP contribution is -2.44. The van der Waals surface area contributed by atoms with Crippen LogP contribution in [0.15, 0.2) is 29.9 Å². The molecule has 1 fully saturated rings. The summed E-state index contributed by atoms with van der Waals surface area (Å²) in [5.74, 6) is 1.85. The highest BCUT2D eigenvalue weighted by Gasteiger charge is 2.19. The Hall–Kier alpha value is -2.05. The zero-order chi connectivity index (χ0) is 14.9. The van der Waals surface area contributed by atoms with E-state index in [0.29, 0.717) is 0 Å². The molecule has 5 nitrogen and oxygen atoms in total. The van der Waals surface area contributed by atoms with Gasteiger partial charge in [0.25, 0.3) is 0 Å². The van der Waals surface area contributed by atoms with E-state index in [0.717, 1.165) is 48.2 Å². The van der Waals surface area contributed by atoms with Gasteiger partial charge in [-0.05, 0) is 30.0 Å². The second-order valence-corrected chi connectivity index (χ2v) is 6.30. The molecule has 0 saturated carbocycles. The van der Waals surface area contributed by atoms with Crippen LogP contribution >= 0.6 is 11.3 Å². The summed E-state index contributed by atoms with van der Waals surface area (Å²) in [5.41, 5.74) is 2.27. The number of anilines is 1. The maximum absolute atomic E-state index is 4.89. The first-order valence-corrected chi connectivity index (χ1v) is 8.33. The summed E-state index contributed by atoms with van der Waals surface area (Å²) in [6.45, 7) is 6.10. The van der Waals surface area contributed by atoms with E-state index in [4.69, 9.17) is 9.97 Å². The third-order valence-corrected chi connectivity index (χ3v) is 4.94. The first kappa shape index (κ1) is 13.6. The van der Waals surface area contributed by atoms with Gasteiger partial charge in [0.1, 0.15) is 10.6 Å². The number of aryl methyl sites for hydroxylation is 1. The first-order chi connectivity index (χ1) is 10.8. The van der Waals surface area contributed by atoms with E-state index < -0.39 is 0 Å². The van der Waals surface area contributed by atoms with Crippen molar-refractivity contribution in [2.24, 2.45) is 0 Å². The summed E-state index contributed by atoms with van der Waals surface area (Å²) >= 11 is 1.69. The van der Waals surface area contributed by atoms with E-state index in [2.05, 4.69) is 27.5 Å². The highest BCUT2D eigenvalue weighted by molar-refractivity contribution is 7.17. The maximum Gasteiger partial charge on any atom is 0.163 e. The number of hydrogen-bond donors (Lipinski definition) is 1. The van der Waals surface area contributed by atoms with Gasteiger partial charge in [-0.2, -0.15) is 0 Å². The standard InChI is InChI=1S/C16H17N5S/c1-11-10-22-16-13(11)15(21-8-6-18-7-9-21)19-14(20-16)12-2-4-17-5-3-12/h2-5,10,18H,6-9H2,1H3. The molecule has 0 bridgehead atoms. The molecule has 0 spiro atoms. The topological polar surface area (TPSA) is 53.9 Å². The van der Waals surface area contributed by atoms with Crippen LogP contribution in [0.25, 0.3) is 21.6 Å². The second-order valence-electron chi connectivity index (χ2n) is 5.44. The highest BCUT2D eigenvalue weighted by Crippen LogP contribution is 2.33. The van der Waals surface area contributed by atoms with Gasteiger partial charge in [-0.15, -0.1) is 11.3 Å². The van der Waals surface area contributed by atoms with E-state index in [1.807, 2.05) is 12.1 Å². The number of rotatable bonds is 2. The van der Waals surface area contributed by atoms with Gasteiger partial charge in [0.2, 0.25) is 0 Å². The van der Waals surface area contributed by atoms with Gasteiger partial charge in [0.05, 0.1) is 5.39 Å². The Kier molecular flexibility index (Phi) is 3.48. The largest absolute Gasteiger partial charge is 0.353 e. The number of fused-ring (bicyclic) bond motifs is 1. The van der Waals surface area contributed by atoms with Crippen molar-refractivity contribution in [1.29, 1.82) is 0 Å². The molecule has 0 aliphatic carbocycles. The molecular weight excluding hydrogens is 294 g/mol. The molecule has 0 atom stereocenters. The predicted octanol–water partition coefficient (Wildman–Crippen LogP) is 2.47. The molecule has 4 rings (SSSR count). The quantitative estimate of drug-likeness (QED) is 0.788. The van der Waals surface area contributed by atoms with Crippen LogP contribution in [-0.2, 0) is 0 Å². The summed E-state index contributed by atoms with van der Waals surface area (Å²) < 4.78 is 0. The number of piperazine rings is 1. The number of pyridine rings is 1. The van der Waals surface area contributed by atoms with Crippen LogP contribution in [0.5, 0.6) is 0 Å². The van der Waals surface area contributed by atoms with Crippen molar-refractivity contribution in [2.45, 2.75) is 6.92 Å². The fourth-order valence-electron chi connectivity index (χ4n) is 2.80. The number of hydrogen-bond acceptors (Lipinski definition) is 6.